The number of carboxylic acids is 1. The molecule has 0 aliphatic rings. The van der Waals surface area contributed by atoms with Gasteiger partial charge in [-0.2, -0.15) is 0 Å². The molecule has 0 spiro atoms. The molecule has 0 aromatic heterocycles. The van der Waals surface area contributed by atoms with Crippen LogP contribution < -0.4 is 65.5 Å². The first-order valence-electron chi connectivity index (χ1n) is 24.3. The average molecular weight is 982 g/mol. The number of carbonyl (C=O) groups excluding carboxylic acids is 8. The van der Waals surface area contributed by atoms with Crippen LogP contribution in [0.15, 0.2) is 4.99 Å². The molecule has 0 rings (SSSR count). The van der Waals surface area contributed by atoms with Crippen molar-refractivity contribution in [1.82, 2.24) is 42.5 Å². The quantitative estimate of drug-likeness (QED) is 0.0208. The van der Waals surface area contributed by atoms with E-state index in [1.807, 2.05) is 48.5 Å². The third kappa shape index (κ3) is 25.6. The van der Waals surface area contributed by atoms with Gasteiger partial charge in [-0.3, -0.25) is 43.3 Å². The Morgan fingerprint density at radius 3 is 1.30 bits per heavy atom. The molecule has 0 saturated carbocycles. The van der Waals surface area contributed by atoms with Crippen molar-refractivity contribution >= 4 is 59.2 Å². The highest BCUT2D eigenvalue weighted by Gasteiger charge is 2.36. The van der Waals surface area contributed by atoms with Gasteiger partial charge in [-0.15, -0.1) is 0 Å². The van der Waals surface area contributed by atoms with E-state index < -0.39 is 113 Å². The number of aliphatic imine (C=N–C) groups is 1. The summed E-state index contributed by atoms with van der Waals surface area (Å²) in [7, 11) is 0. The van der Waals surface area contributed by atoms with E-state index in [1.54, 1.807) is 20.8 Å². The van der Waals surface area contributed by atoms with Gasteiger partial charge in [0.1, 0.15) is 48.3 Å². The van der Waals surface area contributed by atoms with Gasteiger partial charge >= 0.3 is 5.97 Å². The Kier molecular flexibility index (Phi) is 30.4. The second-order valence-electron chi connectivity index (χ2n) is 19.4. The normalized spacial score (nSPS) is 15.3. The van der Waals surface area contributed by atoms with Crippen molar-refractivity contribution < 1.29 is 48.3 Å². The van der Waals surface area contributed by atoms with Crippen LogP contribution in [0.4, 0.5) is 0 Å². The topological polar surface area (TPSA) is 387 Å². The van der Waals surface area contributed by atoms with E-state index >= 15 is 0 Å². The summed E-state index contributed by atoms with van der Waals surface area (Å²) in [5.74, 6) is -8.01. The minimum Gasteiger partial charge on any atom is -0.480 e. The molecule has 0 radical (unpaired) electrons. The molecule has 0 aromatic rings. The minimum absolute atomic E-state index is 0.0173. The number of carboxylic acid groups (broad SMARTS) is 1. The Labute approximate surface area is 408 Å². The van der Waals surface area contributed by atoms with Crippen LogP contribution in [0.3, 0.4) is 0 Å². The van der Waals surface area contributed by atoms with Crippen LogP contribution in [0.2, 0.25) is 0 Å². The summed E-state index contributed by atoms with van der Waals surface area (Å²) < 4.78 is 0. The summed E-state index contributed by atoms with van der Waals surface area (Å²) >= 11 is 0. The Hall–Kier alpha value is -5.58. The van der Waals surface area contributed by atoms with Gasteiger partial charge < -0.3 is 70.6 Å². The lowest BCUT2D eigenvalue weighted by Gasteiger charge is -2.30. The summed E-state index contributed by atoms with van der Waals surface area (Å²) in [4.78, 5) is 124. The number of hydrogen-bond acceptors (Lipinski definition) is 12. The predicted octanol–water partition coefficient (Wildman–Crippen LogP) is -1.05. The number of nitrogens with zero attached hydrogens (tertiary/aromatic N) is 1. The molecule has 0 bridgehead atoms. The van der Waals surface area contributed by atoms with Crippen molar-refractivity contribution in [3.8, 4) is 0 Å². The van der Waals surface area contributed by atoms with E-state index in [-0.39, 0.29) is 75.3 Å². The van der Waals surface area contributed by atoms with Crippen molar-refractivity contribution in [1.29, 1.82) is 0 Å². The maximum absolute atomic E-state index is 14.1. The maximum atomic E-state index is 14.1. The zero-order valence-electron chi connectivity index (χ0n) is 42.9. The van der Waals surface area contributed by atoms with Crippen molar-refractivity contribution in [3.63, 3.8) is 0 Å². The van der Waals surface area contributed by atoms with Gasteiger partial charge in [-0.1, -0.05) is 75.7 Å². The second kappa shape index (κ2) is 33.0. The first-order chi connectivity index (χ1) is 32.2. The number of aliphatic carboxylic acids is 1. The molecule has 23 heteroatoms. The van der Waals surface area contributed by atoms with Gasteiger partial charge in [0.25, 0.3) is 0 Å². The Balaban J connectivity index is 6.45. The highest BCUT2D eigenvalue weighted by molar-refractivity contribution is 5.98. The first kappa shape index (κ1) is 63.4. The highest BCUT2D eigenvalue weighted by Crippen LogP contribution is 2.14. The molecule has 0 aliphatic carbocycles. The molecule has 0 unspecified atom stereocenters. The van der Waals surface area contributed by atoms with Crippen LogP contribution >= 0.6 is 0 Å². The molecular formula is C46H87N13O10. The first-order valence-corrected chi connectivity index (χ1v) is 24.3. The summed E-state index contributed by atoms with van der Waals surface area (Å²) in [6.45, 7) is 19.4. The zero-order chi connectivity index (χ0) is 53.1. The van der Waals surface area contributed by atoms with Crippen LogP contribution in [0.25, 0.3) is 0 Å². The Morgan fingerprint density at radius 1 is 0.493 bits per heavy atom. The third-order valence-corrected chi connectivity index (χ3v) is 11.2. The summed E-state index contributed by atoms with van der Waals surface area (Å²) in [5, 5.41) is 31.0. The molecule has 17 N–H and O–H groups in total. The molecule has 0 fully saturated rings. The second-order valence-corrected chi connectivity index (χ2v) is 19.4. The van der Waals surface area contributed by atoms with Gasteiger partial charge in [0.05, 0.1) is 6.54 Å². The molecule has 0 heterocycles. The minimum atomic E-state index is -1.23. The fourth-order valence-electron chi connectivity index (χ4n) is 7.10. The van der Waals surface area contributed by atoms with Crippen molar-refractivity contribution in [2.24, 2.45) is 57.5 Å². The zero-order valence-corrected chi connectivity index (χ0v) is 42.9. The van der Waals surface area contributed by atoms with Gasteiger partial charge in [0.2, 0.25) is 47.3 Å². The number of amides is 8. The number of carbonyl (C=O) groups is 9. The van der Waals surface area contributed by atoms with E-state index in [4.69, 9.17) is 22.9 Å². The van der Waals surface area contributed by atoms with Crippen molar-refractivity contribution in [3.05, 3.63) is 0 Å². The summed E-state index contributed by atoms with van der Waals surface area (Å²) in [5.41, 5.74) is 22.1. The standard InChI is InChI=1S/C46H87N13O10/c1-12-28(10)37(59-40(63)31(17-15-19-51-46(49)50)55-42(65)32(20-24(2)3)53-35(60)23-48)44(67)57-33(21-25(4)5)41(64)52-29(11)38(61)56-34(22-26(6)7)43(66)54-30(16-13-14-18-47)39(62)58-36(27(8)9)45(68)69/h24-34,36-37H,12-23,47-48H2,1-11H3,(H,52,64)(H,53,60)(H,54,66)(H,55,65)(H,56,61)(H,57,67)(H,58,62)(H,59,63)(H,68,69)(H4,49,50,51)/t28-,29-,30-,31-,32-,33-,34-,36-,37-/m0/s1. The highest BCUT2D eigenvalue weighted by atomic mass is 16.4. The van der Waals surface area contributed by atoms with Crippen LogP contribution in [0.1, 0.15) is 134 Å². The third-order valence-electron chi connectivity index (χ3n) is 11.2. The van der Waals surface area contributed by atoms with E-state index in [0.717, 1.165) is 0 Å². The van der Waals surface area contributed by atoms with Crippen LogP contribution in [0, 0.1) is 29.6 Å². The number of guanidine groups is 1. The number of nitrogens with one attached hydrogen (secondary N) is 8. The lowest BCUT2D eigenvalue weighted by Crippen LogP contribution is -2.61. The van der Waals surface area contributed by atoms with E-state index in [9.17, 15) is 48.3 Å². The molecule has 23 nitrogen and oxygen atoms in total. The van der Waals surface area contributed by atoms with E-state index in [1.165, 1.54) is 6.92 Å². The lowest BCUT2D eigenvalue weighted by molar-refractivity contribution is -0.143. The maximum Gasteiger partial charge on any atom is 0.326 e. The van der Waals surface area contributed by atoms with E-state index in [2.05, 4.69) is 47.5 Å². The van der Waals surface area contributed by atoms with Gasteiger partial charge in [0.15, 0.2) is 5.96 Å². The van der Waals surface area contributed by atoms with Crippen LogP contribution in [0.5, 0.6) is 0 Å². The number of hydrogen-bond donors (Lipinski definition) is 13. The van der Waals surface area contributed by atoms with Gasteiger partial charge in [-0.25, -0.2) is 4.79 Å². The van der Waals surface area contributed by atoms with Crippen molar-refractivity contribution in [2.45, 2.75) is 182 Å². The number of nitrogens with two attached hydrogens (primary N) is 4. The molecule has 0 saturated heterocycles. The van der Waals surface area contributed by atoms with Gasteiger partial charge in [-0.05, 0) is 94.4 Å². The SMILES string of the molecule is CC[C@H](C)[C@H](NC(=O)[C@H](CCCN=C(N)N)NC(=O)[C@H](CC(C)C)NC(=O)CN)C(=O)N[C@@H](CC(C)C)C(=O)N[C@@H](C)C(=O)N[C@@H](CC(C)C)C(=O)N[C@@H](CCCCN)C(=O)N[C@H](C(=O)O)C(C)C. The summed E-state index contributed by atoms with van der Waals surface area (Å²) in [6.07, 6.45) is 2.42. The largest absolute Gasteiger partial charge is 0.480 e. The van der Waals surface area contributed by atoms with Crippen LogP contribution in [-0.2, 0) is 43.2 Å². The fourth-order valence-corrected chi connectivity index (χ4v) is 7.10. The lowest BCUT2D eigenvalue weighted by atomic mass is 9.96. The van der Waals surface area contributed by atoms with Crippen LogP contribution in [-0.4, -0.2) is 132 Å². The summed E-state index contributed by atoms with van der Waals surface area (Å²) in [6, 6.07) is -9.29. The fraction of sp³-hybridized carbons (Fsp3) is 0.783. The van der Waals surface area contributed by atoms with E-state index in [0.29, 0.717) is 25.8 Å². The average Bonchev–Trinajstić information content (AvgIpc) is 3.25. The number of rotatable bonds is 34. The van der Waals surface area contributed by atoms with Gasteiger partial charge in [0, 0.05) is 6.54 Å². The Morgan fingerprint density at radius 2 is 0.899 bits per heavy atom. The van der Waals surface area contributed by atoms with Crippen molar-refractivity contribution in [2.75, 3.05) is 19.6 Å². The Bertz CT molecular complexity index is 1710. The predicted molar refractivity (Wildman–Crippen MR) is 263 cm³/mol. The monoisotopic (exact) mass is 982 g/mol. The molecule has 0 aromatic carbocycles. The number of unbranched alkanes of at least 4 members (excludes halogenated alkanes) is 1. The molecule has 9 atom stereocenters. The smallest absolute Gasteiger partial charge is 0.326 e. The molecular weight excluding hydrogens is 895 g/mol. The molecule has 0 aliphatic heterocycles. The molecule has 69 heavy (non-hydrogen) atoms. The molecule has 396 valence electrons. The molecule has 8 amide bonds.